The van der Waals surface area contributed by atoms with E-state index in [1.807, 2.05) is 6.08 Å². The van der Waals surface area contributed by atoms with Crippen molar-refractivity contribution in [2.75, 3.05) is 0 Å². The van der Waals surface area contributed by atoms with Crippen molar-refractivity contribution in [3.63, 3.8) is 0 Å². The second kappa shape index (κ2) is 8.15. The highest BCUT2D eigenvalue weighted by Crippen LogP contribution is 2.67. The number of hydrogen-bond donors (Lipinski definition) is 1. The van der Waals surface area contributed by atoms with Crippen LogP contribution in [0.15, 0.2) is 35.9 Å². The topological polar surface area (TPSA) is 80.7 Å². The van der Waals surface area contributed by atoms with Crippen LogP contribution in [0.5, 0.6) is 0 Å². The first kappa shape index (κ1) is 23.5. The van der Waals surface area contributed by atoms with Crippen molar-refractivity contribution >= 4 is 18.2 Å². The summed E-state index contributed by atoms with van der Waals surface area (Å²) < 4.78 is 4.59. The van der Waals surface area contributed by atoms with Crippen molar-refractivity contribution in [2.45, 2.75) is 77.7 Å². The Balaban J connectivity index is 1.49. The number of benzene rings is 1. The maximum Gasteiger partial charge on any atom is 0.345 e. The molecule has 34 heavy (non-hydrogen) atoms. The van der Waals surface area contributed by atoms with Crippen LogP contribution in [0.2, 0.25) is 0 Å². The summed E-state index contributed by atoms with van der Waals surface area (Å²) in [5.74, 6) is 1.04. The second-order valence-electron chi connectivity index (χ2n) is 11.7. The van der Waals surface area contributed by atoms with Crippen LogP contribution in [0.4, 0.5) is 0 Å². The first-order valence-corrected chi connectivity index (χ1v) is 12.9. The minimum absolute atomic E-state index is 0.0881. The molecule has 1 N–H and O–H groups in total. The smallest absolute Gasteiger partial charge is 0.345 e. The summed E-state index contributed by atoms with van der Waals surface area (Å²) in [6.07, 6.45) is 9.26. The highest BCUT2D eigenvalue weighted by molar-refractivity contribution is 5.95. The van der Waals surface area contributed by atoms with E-state index in [0.717, 1.165) is 24.8 Å². The summed E-state index contributed by atoms with van der Waals surface area (Å²) in [6, 6.07) is 6.78. The van der Waals surface area contributed by atoms with Gasteiger partial charge in [0.2, 0.25) is 0 Å². The largest absolute Gasteiger partial charge is 0.392 e. The predicted molar refractivity (Wildman–Crippen MR) is 128 cm³/mol. The van der Waals surface area contributed by atoms with E-state index in [1.54, 1.807) is 24.3 Å². The molecule has 3 fully saturated rings. The molecule has 0 aliphatic heterocycles. The van der Waals surface area contributed by atoms with Gasteiger partial charge in [-0.15, -0.1) is 0 Å². The van der Waals surface area contributed by atoms with Gasteiger partial charge in [0.15, 0.2) is 5.78 Å². The Kier molecular flexibility index (Phi) is 5.63. The van der Waals surface area contributed by atoms with E-state index < -0.39 is 11.6 Å². The summed E-state index contributed by atoms with van der Waals surface area (Å²) >= 11 is 0. The molecule has 1 aromatic rings. The summed E-state index contributed by atoms with van der Waals surface area (Å²) in [7, 11) is 0. The van der Waals surface area contributed by atoms with E-state index in [4.69, 9.17) is 0 Å². The Bertz CT molecular complexity index is 1060. The summed E-state index contributed by atoms with van der Waals surface area (Å²) in [5, 5.41) is 11.8. The van der Waals surface area contributed by atoms with Gasteiger partial charge in [-0.05, 0) is 84.8 Å². The van der Waals surface area contributed by atoms with Crippen molar-refractivity contribution in [2.24, 2.45) is 34.5 Å². The van der Waals surface area contributed by atoms with Crippen molar-refractivity contribution in [3.8, 4) is 0 Å². The van der Waals surface area contributed by atoms with Gasteiger partial charge in [0.25, 0.3) is 0 Å². The van der Waals surface area contributed by atoms with Gasteiger partial charge in [0, 0.05) is 12.3 Å². The lowest BCUT2D eigenvalue weighted by molar-refractivity contribution is -0.136. The maximum absolute atomic E-state index is 13.6. The molecule has 4 aliphatic carbocycles. The molecule has 0 amide bonds. The fourth-order valence-electron chi connectivity index (χ4n) is 8.57. The maximum atomic E-state index is 13.6. The van der Waals surface area contributed by atoms with Crippen molar-refractivity contribution in [3.05, 3.63) is 47.0 Å². The van der Waals surface area contributed by atoms with E-state index in [-0.39, 0.29) is 34.6 Å². The molecule has 4 aliphatic rings. The minimum Gasteiger partial charge on any atom is -0.392 e. The van der Waals surface area contributed by atoms with Gasteiger partial charge in [0.05, 0.1) is 11.2 Å². The number of ketones is 1. The molecule has 182 valence electrons. The van der Waals surface area contributed by atoms with E-state index in [1.165, 1.54) is 19.3 Å². The SMILES string of the molecule is CC[C@H]1CC[C@H]2[C@@H]3C(=O)C=C4C[C@](O)(c5ccccc5C(=O)OC=O)CC[C@]4(C)[C@H]3CC[C@]12C. The summed E-state index contributed by atoms with van der Waals surface area (Å²) in [5.41, 5.74) is 0.555. The normalized spacial score (nSPS) is 41.1. The Hall–Kier alpha value is -2.27. The Morgan fingerprint density at radius 2 is 1.88 bits per heavy atom. The van der Waals surface area contributed by atoms with Crippen LogP contribution in [-0.2, 0) is 19.9 Å². The highest BCUT2D eigenvalue weighted by atomic mass is 16.6. The average Bonchev–Trinajstić information content (AvgIpc) is 3.17. The third-order valence-corrected chi connectivity index (χ3v) is 10.5. The monoisotopic (exact) mass is 464 g/mol. The van der Waals surface area contributed by atoms with E-state index in [9.17, 15) is 19.5 Å². The number of carbonyl (C=O) groups is 3. The number of allylic oxidation sites excluding steroid dienone is 1. The molecule has 3 saturated carbocycles. The lowest BCUT2D eigenvalue weighted by atomic mass is 9.46. The molecular formula is C29H36O5. The number of ether oxygens (including phenoxy) is 1. The van der Waals surface area contributed by atoms with Crippen LogP contribution < -0.4 is 0 Å². The number of esters is 1. The predicted octanol–water partition coefficient (Wildman–Crippen LogP) is 5.36. The second-order valence-corrected chi connectivity index (χ2v) is 11.7. The summed E-state index contributed by atoms with van der Waals surface area (Å²) in [4.78, 5) is 36.8. The van der Waals surface area contributed by atoms with Crippen molar-refractivity contribution < 1.29 is 24.2 Å². The van der Waals surface area contributed by atoms with Gasteiger partial charge >= 0.3 is 12.4 Å². The molecule has 7 atom stereocenters. The van der Waals surface area contributed by atoms with Crippen LogP contribution in [0.3, 0.4) is 0 Å². The number of aliphatic hydroxyl groups is 1. The molecule has 0 heterocycles. The van der Waals surface area contributed by atoms with Crippen LogP contribution in [-0.4, -0.2) is 23.3 Å². The molecule has 0 bridgehead atoms. The van der Waals surface area contributed by atoms with Gasteiger partial charge in [0.1, 0.15) is 0 Å². The number of carbonyl (C=O) groups excluding carboxylic acids is 3. The molecular weight excluding hydrogens is 428 g/mol. The van der Waals surface area contributed by atoms with Crippen molar-refractivity contribution in [1.82, 2.24) is 0 Å². The zero-order valence-electron chi connectivity index (χ0n) is 20.5. The van der Waals surface area contributed by atoms with Crippen LogP contribution in [0.25, 0.3) is 0 Å². The molecule has 0 spiro atoms. The standard InChI is InChI=1S/C29H36O5/c1-4-18-9-10-22-25-23(11-12-27(18,22)2)28(3)13-14-29(33,16-19(28)15-24(25)31)21-8-6-5-7-20(21)26(32)34-17-30/h5-8,15,17-18,22-23,25,33H,4,9-14,16H2,1-3H3/t18-,22-,23-,25-,27+,28-,29-/m0/s1. The fourth-order valence-corrected chi connectivity index (χ4v) is 8.57. The third-order valence-electron chi connectivity index (χ3n) is 10.5. The number of hydrogen-bond acceptors (Lipinski definition) is 5. The van der Waals surface area contributed by atoms with Gasteiger partial charge in [-0.1, -0.05) is 51.0 Å². The lowest BCUT2D eigenvalue weighted by Crippen LogP contribution is -2.54. The van der Waals surface area contributed by atoms with Crippen molar-refractivity contribution in [1.29, 1.82) is 0 Å². The third kappa shape index (κ3) is 3.26. The minimum atomic E-state index is -1.28. The Morgan fingerprint density at radius 1 is 1.12 bits per heavy atom. The molecule has 0 radical (unpaired) electrons. The molecule has 0 unspecified atom stereocenters. The number of fused-ring (bicyclic) bond motifs is 5. The zero-order chi connectivity index (χ0) is 24.3. The fraction of sp³-hybridized carbons (Fsp3) is 0.621. The summed E-state index contributed by atoms with van der Waals surface area (Å²) in [6.45, 7) is 7.13. The highest BCUT2D eigenvalue weighted by Gasteiger charge is 2.61. The molecule has 0 saturated heterocycles. The van der Waals surface area contributed by atoms with Gasteiger partial charge < -0.3 is 9.84 Å². The van der Waals surface area contributed by atoms with Gasteiger partial charge in [-0.25, -0.2) is 4.79 Å². The molecule has 5 rings (SSSR count). The van der Waals surface area contributed by atoms with Gasteiger partial charge in [-0.3, -0.25) is 9.59 Å². The zero-order valence-corrected chi connectivity index (χ0v) is 20.5. The first-order valence-electron chi connectivity index (χ1n) is 12.9. The van der Waals surface area contributed by atoms with Crippen LogP contribution in [0.1, 0.15) is 88.1 Å². The molecule has 5 heteroatoms. The Labute approximate surface area is 202 Å². The molecule has 0 aromatic heterocycles. The Morgan fingerprint density at radius 3 is 2.62 bits per heavy atom. The van der Waals surface area contributed by atoms with Gasteiger partial charge in [-0.2, -0.15) is 0 Å². The van der Waals surface area contributed by atoms with E-state index >= 15 is 0 Å². The van der Waals surface area contributed by atoms with E-state index in [2.05, 4.69) is 25.5 Å². The quantitative estimate of drug-likeness (QED) is 0.369. The number of rotatable bonds is 4. The lowest BCUT2D eigenvalue weighted by Gasteiger charge is -2.58. The first-order chi connectivity index (χ1) is 16.2. The van der Waals surface area contributed by atoms with Crippen LogP contribution in [0, 0.1) is 34.5 Å². The molecule has 1 aromatic carbocycles. The van der Waals surface area contributed by atoms with E-state index in [0.29, 0.717) is 36.2 Å². The molecule has 5 nitrogen and oxygen atoms in total. The average molecular weight is 465 g/mol. The van der Waals surface area contributed by atoms with Crippen LogP contribution >= 0.6 is 0 Å².